The Kier molecular flexibility index (Phi) is 6.98. The molecule has 1 aromatic carbocycles. The van der Waals surface area contributed by atoms with Crippen LogP contribution in [0.2, 0.25) is 0 Å². The highest BCUT2D eigenvalue weighted by Crippen LogP contribution is 2.27. The molecule has 3 heterocycles. The van der Waals surface area contributed by atoms with E-state index in [9.17, 15) is 14.4 Å². The summed E-state index contributed by atoms with van der Waals surface area (Å²) >= 11 is 0. The molecule has 174 valence electrons. The minimum Gasteiger partial charge on any atom is -0.369 e. The number of nitrogens with zero attached hydrogens (tertiary/aromatic N) is 4. The van der Waals surface area contributed by atoms with Gasteiger partial charge >= 0.3 is 6.03 Å². The van der Waals surface area contributed by atoms with E-state index in [0.717, 1.165) is 76.3 Å². The van der Waals surface area contributed by atoms with E-state index in [1.54, 1.807) is 4.90 Å². The fourth-order valence-corrected chi connectivity index (χ4v) is 4.80. The van der Waals surface area contributed by atoms with Gasteiger partial charge in [-0.05, 0) is 50.4 Å². The summed E-state index contributed by atoms with van der Waals surface area (Å²) in [5.41, 5.74) is 1.95. The number of benzene rings is 1. The Balaban J connectivity index is 1.22. The van der Waals surface area contributed by atoms with Gasteiger partial charge < -0.3 is 15.1 Å². The van der Waals surface area contributed by atoms with Gasteiger partial charge in [0.15, 0.2) is 0 Å². The standard InChI is InChI=1S/C24H35N5O3/c1-18(2)22(30)25-19-7-5-8-20(17-19)27-15-13-26(14-16-27)10-6-12-29-23(31)21-9-3-4-11-28(21)24(29)32/h5,7-8,17-18,21H,3-4,6,9-16H2,1-2H3,(H,25,30)/t21-/m1/s1. The van der Waals surface area contributed by atoms with Gasteiger partial charge in [-0.3, -0.25) is 19.4 Å². The van der Waals surface area contributed by atoms with Crippen molar-refractivity contribution < 1.29 is 14.4 Å². The third-order valence-corrected chi connectivity index (χ3v) is 6.76. The van der Waals surface area contributed by atoms with Crippen molar-refractivity contribution in [2.75, 3.05) is 56.0 Å². The normalized spacial score (nSPS) is 22.0. The van der Waals surface area contributed by atoms with Crippen molar-refractivity contribution >= 4 is 29.2 Å². The molecule has 0 aromatic heterocycles. The predicted molar refractivity (Wildman–Crippen MR) is 125 cm³/mol. The molecule has 0 saturated carbocycles. The fraction of sp³-hybridized carbons (Fsp3) is 0.625. The molecule has 3 saturated heterocycles. The zero-order valence-electron chi connectivity index (χ0n) is 19.3. The summed E-state index contributed by atoms with van der Waals surface area (Å²) in [5, 5.41) is 2.97. The molecule has 4 amide bonds. The second kappa shape index (κ2) is 9.90. The number of piperazine rings is 1. The maximum Gasteiger partial charge on any atom is 0.327 e. The smallest absolute Gasteiger partial charge is 0.327 e. The maximum atomic E-state index is 12.6. The van der Waals surface area contributed by atoms with Crippen molar-refractivity contribution in [1.82, 2.24) is 14.7 Å². The lowest BCUT2D eigenvalue weighted by Gasteiger charge is -2.36. The van der Waals surface area contributed by atoms with Crippen molar-refractivity contribution in [2.45, 2.75) is 45.6 Å². The number of hydrogen-bond acceptors (Lipinski definition) is 5. The molecule has 1 atom stereocenters. The summed E-state index contributed by atoms with van der Waals surface area (Å²) in [6.45, 7) is 9.62. The van der Waals surface area contributed by atoms with Gasteiger partial charge in [0, 0.05) is 56.6 Å². The maximum absolute atomic E-state index is 12.6. The van der Waals surface area contributed by atoms with E-state index in [4.69, 9.17) is 0 Å². The second-order valence-electron chi connectivity index (χ2n) is 9.35. The van der Waals surface area contributed by atoms with E-state index in [-0.39, 0.29) is 29.8 Å². The third-order valence-electron chi connectivity index (χ3n) is 6.76. The molecule has 3 aliphatic heterocycles. The van der Waals surface area contributed by atoms with Crippen LogP contribution >= 0.6 is 0 Å². The topological polar surface area (TPSA) is 76.2 Å². The first-order chi connectivity index (χ1) is 15.4. The number of rotatable bonds is 7. The van der Waals surface area contributed by atoms with Gasteiger partial charge in [0.25, 0.3) is 5.91 Å². The van der Waals surface area contributed by atoms with E-state index in [2.05, 4.69) is 21.2 Å². The number of carbonyl (C=O) groups is 3. The molecular formula is C24H35N5O3. The lowest BCUT2D eigenvalue weighted by molar-refractivity contribution is -0.129. The molecule has 0 aliphatic carbocycles. The highest BCUT2D eigenvalue weighted by atomic mass is 16.2. The molecule has 8 nitrogen and oxygen atoms in total. The van der Waals surface area contributed by atoms with Crippen molar-refractivity contribution in [3.8, 4) is 0 Å². The number of amides is 4. The number of urea groups is 1. The minimum absolute atomic E-state index is 0.00367. The Bertz CT molecular complexity index is 826. The Morgan fingerprint density at radius 2 is 1.84 bits per heavy atom. The number of hydrogen-bond donors (Lipinski definition) is 1. The molecule has 3 aliphatic rings. The summed E-state index contributed by atoms with van der Waals surface area (Å²) in [6.07, 6.45) is 3.66. The molecule has 8 heteroatoms. The van der Waals surface area contributed by atoms with Gasteiger partial charge in [-0.15, -0.1) is 0 Å². The summed E-state index contributed by atoms with van der Waals surface area (Å²) in [7, 11) is 0. The average molecular weight is 442 g/mol. The van der Waals surface area contributed by atoms with Crippen LogP contribution in [0.15, 0.2) is 24.3 Å². The van der Waals surface area contributed by atoms with Gasteiger partial charge in [-0.25, -0.2) is 4.79 Å². The van der Waals surface area contributed by atoms with Crippen LogP contribution in [0.4, 0.5) is 16.2 Å². The first-order valence-electron chi connectivity index (χ1n) is 11.9. The van der Waals surface area contributed by atoms with Crippen LogP contribution in [-0.4, -0.2) is 84.4 Å². The Morgan fingerprint density at radius 1 is 1.06 bits per heavy atom. The van der Waals surface area contributed by atoms with Crippen molar-refractivity contribution in [1.29, 1.82) is 0 Å². The summed E-state index contributed by atoms with van der Waals surface area (Å²) in [4.78, 5) is 45.1. The van der Waals surface area contributed by atoms with E-state index < -0.39 is 0 Å². The van der Waals surface area contributed by atoms with Crippen LogP contribution in [0, 0.1) is 5.92 Å². The fourth-order valence-electron chi connectivity index (χ4n) is 4.80. The first-order valence-corrected chi connectivity index (χ1v) is 11.9. The van der Waals surface area contributed by atoms with Crippen LogP contribution in [-0.2, 0) is 9.59 Å². The highest BCUT2D eigenvalue weighted by Gasteiger charge is 2.45. The number of imide groups is 1. The highest BCUT2D eigenvalue weighted by molar-refractivity contribution is 6.04. The number of carbonyl (C=O) groups excluding carboxylic acids is 3. The Hall–Kier alpha value is -2.61. The molecule has 4 rings (SSSR count). The van der Waals surface area contributed by atoms with Crippen LogP contribution < -0.4 is 10.2 Å². The van der Waals surface area contributed by atoms with E-state index in [1.807, 2.05) is 32.0 Å². The first kappa shape index (κ1) is 22.6. The molecule has 1 N–H and O–H groups in total. The molecular weight excluding hydrogens is 406 g/mol. The van der Waals surface area contributed by atoms with Crippen molar-refractivity contribution in [2.24, 2.45) is 5.92 Å². The molecule has 1 aromatic rings. The SMILES string of the molecule is CC(C)C(=O)Nc1cccc(N2CCN(CCCN3C(=O)[C@H]4CCCCN4C3=O)CC2)c1. The zero-order valence-corrected chi connectivity index (χ0v) is 19.3. The summed E-state index contributed by atoms with van der Waals surface area (Å²) in [6, 6.07) is 7.73. The molecule has 32 heavy (non-hydrogen) atoms. The molecule has 0 radical (unpaired) electrons. The Morgan fingerprint density at radius 3 is 2.56 bits per heavy atom. The lowest BCUT2D eigenvalue weighted by Crippen LogP contribution is -2.47. The summed E-state index contributed by atoms with van der Waals surface area (Å²) in [5.74, 6) is -0.0171. The second-order valence-corrected chi connectivity index (χ2v) is 9.35. The monoisotopic (exact) mass is 441 g/mol. The van der Waals surface area contributed by atoms with E-state index in [0.29, 0.717) is 6.54 Å². The van der Waals surface area contributed by atoms with Crippen LogP contribution in [0.5, 0.6) is 0 Å². The van der Waals surface area contributed by atoms with Crippen LogP contribution in [0.1, 0.15) is 39.5 Å². The Labute approximate surface area is 190 Å². The number of anilines is 2. The quantitative estimate of drug-likeness (QED) is 0.659. The number of fused-ring (bicyclic) bond motifs is 1. The molecule has 0 unspecified atom stereocenters. The van der Waals surface area contributed by atoms with E-state index in [1.165, 1.54) is 4.90 Å². The number of piperidine rings is 1. The van der Waals surface area contributed by atoms with Crippen molar-refractivity contribution in [3.05, 3.63) is 24.3 Å². The van der Waals surface area contributed by atoms with Gasteiger partial charge in [-0.1, -0.05) is 19.9 Å². The zero-order chi connectivity index (χ0) is 22.7. The van der Waals surface area contributed by atoms with Gasteiger partial charge in [0.2, 0.25) is 5.91 Å². The largest absolute Gasteiger partial charge is 0.369 e. The summed E-state index contributed by atoms with van der Waals surface area (Å²) < 4.78 is 0. The van der Waals surface area contributed by atoms with Crippen LogP contribution in [0.3, 0.4) is 0 Å². The third kappa shape index (κ3) is 4.90. The van der Waals surface area contributed by atoms with E-state index >= 15 is 0 Å². The van der Waals surface area contributed by atoms with Crippen molar-refractivity contribution in [3.63, 3.8) is 0 Å². The van der Waals surface area contributed by atoms with Gasteiger partial charge in [-0.2, -0.15) is 0 Å². The average Bonchev–Trinajstić information content (AvgIpc) is 3.05. The predicted octanol–water partition coefficient (Wildman–Crippen LogP) is 2.61. The minimum atomic E-state index is -0.208. The van der Waals surface area contributed by atoms with Crippen LogP contribution in [0.25, 0.3) is 0 Å². The van der Waals surface area contributed by atoms with Gasteiger partial charge in [0.05, 0.1) is 0 Å². The molecule has 0 bridgehead atoms. The molecule has 0 spiro atoms. The molecule has 3 fully saturated rings. The van der Waals surface area contributed by atoms with Gasteiger partial charge in [0.1, 0.15) is 6.04 Å². The number of nitrogens with one attached hydrogen (secondary N) is 1. The lowest BCUT2D eigenvalue weighted by atomic mass is 10.0.